The Labute approximate surface area is 157 Å². The molecule has 0 saturated heterocycles. The van der Waals surface area contributed by atoms with Crippen molar-refractivity contribution in [1.82, 2.24) is 20.4 Å². The Kier molecular flexibility index (Phi) is 7.65. The lowest BCUT2D eigenvalue weighted by Gasteiger charge is -2.30. The van der Waals surface area contributed by atoms with Crippen LogP contribution in [0, 0.1) is 10.8 Å². The van der Waals surface area contributed by atoms with Gasteiger partial charge < -0.3 is 31.3 Å². The molecule has 0 fully saturated rings. The molecule has 1 aliphatic heterocycles. The van der Waals surface area contributed by atoms with Gasteiger partial charge in [0.25, 0.3) is 0 Å². The Morgan fingerprint density at radius 3 is 2.54 bits per heavy atom. The molecular formula is C20H30N6. The third-order valence-electron chi connectivity index (χ3n) is 4.18. The molecule has 6 heteroatoms. The number of likely N-dealkylation sites (N-methyl/N-ethyl adjacent to an activating group) is 2. The van der Waals surface area contributed by atoms with Crippen LogP contribution in [0.1, 0.15) is 13.8 Å². The molecule has 0 radical (unpaired) electrons. The molecule has 1 heterocycles. The van der Waals surface area contributed by atoms with E-state index in [1.165, 1.54) is 6.21 Å². The summed E-state index contributed by atoms with van der Waals surface area (Å²) in [4.78, 5) is 4.09. The van der Waals surface area contributed by atoms with Gasteiger partial charge in [0.05, 0.1) is 5.70 Å². The van der Waals surface area contributed by atoms with Crippen LogP contribution >= 0.6 is 0 Å². The van der Waals surface area contributed by atoms with Crippen molar-refractivity contribution in [3.05, 3.63) is 71.6 Å². The molecule has 0 unspecified atom stereocenters. The summed E-state index contributed by atoms with van der Waals surface area (Å²) in [6, 6.07) is 0. The van der Waals surface area contributed by atoms with Gasteiger partial charge in [-0.15, -0.1) is 0 Å². The topological polar surface area (TPSA) is 78.2 Å². The number of hydrogen-bond donors (Lipinski definition) is 4. The lowest BCUT2D eigenvalue weighted by Crippen LogP contribution is -2.30. The molecule has 1 rings (SSSR count). The summed E-state index contributed by atoms with van der Waals surface area (Å²) < 4.78 is 0. The third-order valence-corrected chi connectivity index (χ3v) is 4.18. The summed E-state index contributed by atoms with van der Waals surface area (Å²) in [5.41, 5.74) is 5.16. The molecule has 1 aliphatic rings. The lowest BCUT2D eigenvalue weighted by molar-refractivity contribution is 0.443. The zero-order valence-corrected chi connectivity index (χ0v) is 16.4. The van der Waals surface area contributed by atoms with Gasteiger partial charge in [-0.1, -0.05) is 13.2 Å². The minimum Gasteiger partial charge on any atom is -0.375 e. The molecule has 0 aromatic heterocycles. The van der Waals surface area contributed by atoms with Crippen molar-refractivity contribution in [2.24, 2.45) is 0 Å². The van der Waals surface area contributed by atoms with Crippen LogP contribution in [0.25, 0.3) is 0 Å². The van der Waals surface area contributed by atoms with Gasteiger partial charge in [-0.05, 0) is 37.6 Å². The molecule has 0 saturated carbocycles. The Bertz CT molecular complexity index is 721. The summed E-state index contributed by atoms with van der Waals surface area (Å²) in [5.74, 6) is 0.667. The van der Waals surface area contributed by atoms with E-state index in [0.717, 1.165) is 28.2 Å². The highest BCUT2D eigenvalue weighted by molar-refractivity contribution is 5.97. The number of allylic oxidation sites excluding steroid dienone is 4. The third kappa shape index (κ3) is 5.24. The number of rotatable bonds is 9. The van der Waals surface area contributed by atoms with Gasteiger partial charge in [0.2, 0.25) is 0 Å². The fourth-order valence-electron chi connectivity index (χ4n) is 2.51. The van der Waals surface area contributed by atoms with Crippen LogP contribution in [0.15, 0.2) is 71.6 Å². The maximum absolute atomic E-state index is 8.19. The molecule has 0 spiro atoms. The molecule has 0 aromatic rings. The van der Waals surface area contributed by atoms with E-state index in [1.807, 2.05) is 32.1 Å². The van der Waals surface area contributed by atoms with Crippen molar-refractivity contribution in [3.63, 3.8) is 0 Å². The van der Waals surface area contributed by atoms with Crippen LogP contribution in [0.3, 0.4) is 0 Å². The van der Waals surface area contributed by atoms with Crippen molar-refractivity contribution in [3.8, 4) is 0 Å². The summed E-state index contributed by atoms with van der Waals surface area (Å²) in [6.45, 7) is 12.3. The first kappa shape index (κ1) is 21.0. The highest BCUT2D eigenvalue weighted by Gasteiger charge is 2.16. The Balaban J connectivity index is 3.17. The second-order valence-corrected chi connectivity index (χ2v) is 6.14. The van der Waals surface area contributed by atoms with Crippen molar-refractivity contribution >= 4 is 11.9 Å². The Morgan fingerprint density at radius 1 is 1.42 bits per heavy atom. The maximum Gasteiger partial charge on any atom is 0.104 e. The fourth-order valence-corrected chi connectivity index (χ4v) is 2.51. The number of nitrogens with one attached hydrogen (secondary N) is 4. The number of hydrogen-bond acceptors (Lipinski definition) is 6. The summed E-state index contributed by atoms with van der Waals surface area (Å²) in [5, 5.41) is 21.6. The van der Waals surface area contributed by atoms with Crippen LogP contribution in [0.4, 0.5) is 0 Å². The normalized spacial score (nSPS) is 15.5. The standard InChI is InChI=1S/C20H30N6/c1-8-19(24-20(23-5)9-10-21)18(15(3)22)13-26(7)17-11-14(2)16(4)25(6)12-17/h8-12,21-24H,1,4,13H2,2-3,5-7H3/b19-18-,20-9+,21-10?,22-15?. The molecule has 0 aliphatic carbocycles. The van der Waals surface area contributed by atoms with E-state index in [2.05, 4.69) is 34.8 Å². The summed E-state index contributed by atoms with van der Waals surface area (Å²) >= 11 is 0. The predicted octanol–water partition coefficient (Wildman–Crippen LogP) is 2.94. The quantitative estimate of drug-likeness (QED) is 0.379. The molecular weight excluding hydrogens is 324 g/mol. The van der Waals surface area contributed by atoms with Crippen molar-refractivity contribution in [2.75, 3.05) is 27.7 Å². The average molecular weight is 355 g/mol. The fraction of sp³-hybridized carbons (Fsp3) is 0.300. The van der Waals surface area contributed by atoms with E-state index >= 15 is 0 Å². The van der Waals surface area contributed by atoms with Gasteiger partial charge in [0.15, 0.2) is 0 Å². The van der Waals surface area contributed by atoms with Gasteiger partial charge in [-0.3, -0.25) is 0 Å². The summed E-state index contributed by atoms with van der Waals surface area (Å²) in [7, 11) is 5.74. The monoisotopic (exact) mass is 354 g/mol. The van der Waals surface area contributed by atoms with Crippen molar-refractivity contribution in [1.29, 1.82) is 10.8 Å². The van der Waals surface area contributed by atoms with Gasteiger partial charge in [0, 0.05) is 62.8 Å². The zero-order valence-electron chi connectivity index (χ0n) is 16.4. The van der Waals surface area contributed by atoms with E-state index in [9.17, 15) is 0 Å². The highest BCUT2D eigenvalue weighted by Crippen LogP contribution is 2.23. The summed E-state index contributed by atoms with van der Waals surface area (Å²) in [6.07, 6.45) is 8.63. The van der Waals surface area contributed by atoms with E-state index in [-0.39, 0.29) is 0 Å². The Hall–Kier alpha value is -3.02. The second kappa shape index (κ2) is 9.46. The van der Waals surface area contributed by atoms with Gasteiger partial charge in [-0.25, -0.2) is 0 Å². The minimum absolute atomic E-state index is 0.458. The van der Waals surface area contributed by atoms with E-state index < -0.39 is 0 Å². The molecule has 0 aromatic carbocycles. The van der Waals surface area contributed by atoms with Gasteiger partial charge in [0.1, 0.15) is 5.82 Å². The SMILES string of the molecule is C=C/C(N/C(=C/C=N)NC)=C(\CN(C)C1=CN(C)C(=C)C(C)=C1)C(C)=N. The lowest BCUT2D eigenvalue weighted by atomic mass is 10.1. The number of nitrogens with zero attached hydrogens (tertiary/aromatic N) is 2. The maximum atomic E-state index is 8.19. The van der Waals surface area contributed by atoms with Crippen LogP contribution in [-0.2, 0) is 0 Å². The van der Waals surface area contributed by atoms with Gasteiger partial charge >= 0.3 is 0 Å². The van der Waals surface area contributed by atoms with E-state index in [0.29, 0.717) is 18.1 Å². The second-order valence-electron chi connectivity index (χ2n) is 6.14. The average Bonchev–Trinajstić information content (AvgIpc) is 2.60. The molecule has 4 N–H and O–H groups in total. The molecule has 0 atom stereocenters. The minimum atomic E-state index is 0.458. The molecule has 140 valence electrons. The van der Waals surface area contributed by atoms with Crippen LogP contribution in [-0.4, -0.2) is 49.4 Å². The molecule has 26 heavy (non-hydrogen) atoms. The predicted molar refractivity (Wildman–Crippen MR) is 111 cm³/mol. The van der Waals surface area contributed by atoms with Gasteiger partial charge in [-0.2, -0.15) is 0 Å². The zero-order chi connectivity index (χ0) is 19.9. The molecule has 0 bridgehead atoms. The largest absolute Gasteiger partial charge is 0.375 e. The first-order valence-corrected chi connectivity index (χ1v) is 8.35. The van der Waals surface area contributed by atoms with Crippen LogP contribution in [0.2, 0.25) is 0 Å². The molecule has 0 amide bonds. The van der Waals surface area contributed by atoms with E-state index in [4.69, 9.17) is 10.8 Å². The van der Waals surface area contributed by atoms with Crippen LogP contribution in [0.5, 0.6) is 0 Å². The molecule has 6 nitrogen and oxygen atoms in total. The Morgan fingerprint density at radius 2 is 2.08 bits per heavy atom. The van der Waals surface area contributed by atoms with Crippen LogP contribution < -0.4 is 10.6 Å². The highest BCUT2D eigenvalue weighted by atomic mass is 15.2. The first-order valence-electron chi connectivity index (χ1n) is 8.35. The van der Waals surface area contributed by atoms with E-state index in [1.54, 1.807) is 26.1 Å². The van der Waals surface area contributed by atoms with Crippen molar-refractivity contribution in [2.45, 2.75) is 13.8 Å². The smallest absolute Gasteiger partial charge is 0.104 e. The first-order chi connectivity index (χ1) is 12.2. The van der Waals surface area contributed by atoms with Crippen molar-refractivity contribution < 1.29 is 0 Å².